The highest BCUT2D eigenvalue weighted by Crippen LogP contribution is 2.11. The zero-order valence-corrected chi connectivity index (χ0v) is 7.72. The van der Waals surface area contributed by atoms with Crippen LogP contribution in [-0.4, -0.2) is 11.1 Å². The lowest BCUT2D eigenvalue weighted by molar-refractivity contribution is 0.353. The van der Waals surface area contributed by atoms with Crippen LogP contribution in [0.2, 0.25) is 0 Å². The van der Waals surface area contributed by atoms with Crippen molar-refractivity contribution in [3.8, 4) is 0 Å². The van der Waals surface area contributed by atoms with E-state index in [9.17, 15) is 5.11 Å². The van der Waals surface area contributed by atoms with E-state index in [1.54, 1.807) is 0 Å². The van der Waals surface area contributed by atoms with Crippen LogP contribution in [0.1, 0.15) is 40.0 Å². The molecule has 0 fully saturated rings. The third kappa shape index (κ3) is 3.42. The predicted octanol–water partition coefficient (Wildman–Crippen LogP) is 2.36. The second-order valence-corrected chi connectivity index (χ2v) is 2.93. The van der Waals surface area contributed by atoms with Crippen molar-refractivity contribution in [2.75, 3.05) is 0 Å². The molecule has 66 valence electrons. The van der Waals surface area contributed by atoms with Crippen molar-refractivity contribution in [2.45, 2.75) is 46.1 Å². The summed E-state index contributed by atoms with van der Waals surface area (Å²) < 4.78 is 0. The van der Waals surface area contributed by atoms with E-state index in [0.717, 1.165) is 24.8 Å². The van der Waals surface area contributed by atoms with E-state index in [0.29, 0.717) is 5.76 Å². The Morgan fingerprint density at radius 1 is 1.45 bits per heavy atom. The lowest BCUT2D eigenvalue weighted by Gasteiger charge is -2.10. The van der Waals surface area contributed by atoms with E-state index in [2.05, 4.69) is 6.92 Å². The molecule has 0 heterocycles. The third-order valence-electron chi connectivity index (χ3n) is 1.85. The Bertz CT molecular complexity index is 140. The van der Waals surface area contributed by atoms with Crippen LogP contribution in [0.5, 0.6) is 0 Å². The Balaban J connectivity index is 4.13. The maximum absolute atomic E-state index is 9.47. The van der Waals surface area contributed by atoms with Gasteiger partial charge in [-0.2, -0.15) is 0 Å². The van der Waals surface area contributed by atoms with Crippen LogP contribution in [0.4, 0.5) is 0 Å². The van der Waals surface area contributed by atoms with Crippen molar-refractivity contribution in [1.82, 2.24) is 0 Å². The zero-order valence-electron chi connectivity index (χ0n) is 7.72. The normalized spacial score (nSPS) is 16.0. The molecule has 1 atom stereocenters. The molecule has 3 N–H and O–H groups in total. The lowest BCUT2D eigenvalue weighted by Crippen LogP contribution is -2.22. The molecule has 1 unspecified atom stereocenters. The predicted molar refractivity (Wildman–Crippen MR) is 48.5 cm³/mol. The summed E-state index contributed by atoms with van der Waals surface area (Å²) in [6.45, 7) is 6.00. The Morgan fingerprint density at radius 3 is 2.36 bits per heavy atom. The van der Waals surface area contributed by atoms with Crippen LogP contribution < -0.4 is 5.73 Å². The Morgan fingerprint density at radius 2 is 2.00 bits per heavy atom. The van der Waals surface area contributed by atoms with Crippen molar-refractivity contribution >= 4 is 0 Å². The Labute approximate surface area is 69.1 Å². The molecule has 0 aliphatic heterocycles. The molecule has 0 aromatic rings. The second kappa shape index (κ2) is 5.19. The van der Waals surface area contributed by atoms with Gasteiger partial charge in [0.2, 0.25) is 0 Å². The summed E-state index contributed by atoms with van der Waals surface area (Å²) >= 11 is 0. The molecular weight excluding hydrogens is 138 g/mol. The molecule has 2 nitrogen and oxygen atoms in total. The number of allylic oxidation sites excluding steroid dienone is 1. The molecule has 0 bridgehead atoms. The molecule has 2 heteroatoms. The fourth-order valence-electron chi connectivity index (χ4n) is 1.01. The van der Waals surface area contributed by atoms with Crippen molar-refractivity contribution in [3.05, 3.63) is 11.3 Å². The van der Waals surface area contributed by atoms with Gasteiger partial charge in [-0.05, 0) is 25.3 Å². The molecule has 0 aliphatic carbocycles. The molecule has 0 rings (SSSR count). The van der Waals surface area contributed by atoms with E-state index in [1.165, 1.54) is 0 Å². The summed E-state index contributed by atoms with van der Waals surface area (Å²) in [5.41, 5.74) is 6.67. The van der Waals surface area contributed by atoms with Gasteiger partial charge in [0.1, 0.15) is 5.76 Å². The summed E-state index contributed by atoms with van der Waals surface area (Å²) in [7, 11) is 0. The van der Waals surface area contributed by atoms with Crippen molar-refractivity contribution in [1.29, 1.82) is 0 Å². The molecule has 0 aromatic carbocycles. The fraction of sp³-hybridized carbons (Fsp3) is 0.778. The van der Waals surface area contributed by atoms with E-state index in [1.807, 2.05) is 13.8 Å². The SMILES string of the molecule is CCC/C(C)=C(\O)C(N)CC. The first kappa shape index (κ1) is 10.5. The molecule has 0 aromatic heterocycles. The van der Waals surface area contributed by atoms with Crippen molar-refractivity contribution in [3.63, 3.8) is 0 Å². The summed E-state index contributed by atoms with van der Waals surface area (Å²) in [5, 5.41) is 9.47. The van der Waals surface area contributed by atoms with Gasteiger partial charge in [-0.1, -0.05) is 20.3 Å². The number of hydrogen-bond acceptors (Lipinski definition) is 2. The first-order valence-electron chi connectivity index (χ1n) is 4.27. The standard InChI is InChI=1S/C9H19NO/c1-4-6-7(3)9(11)8(10)5-2/h8,11H,4-6,10H2,1-3H3/b9-7-. The molecule has 0 aliphatic rings. The minimum atomic E-state index is -0.165. The highest BCUT2D eigenvalue weighted by molar-refractivity contribution is 5.09. The largest absolute Gasteiger partial charge is 0.511 e. The van der Waals surface area contributed by atoms with Gasteiger partial charge in [-0.3, -0.25) is 0 Å². The molecular formula is C9H19NO. The van der Waals surface area contributed by atoms with Gasteiger partial charge in [0.25, 0.3) is 0 Å². The van der Waals surface area contributed by atoms with Gasteiger partial charge < -0.3 is 10.8 Å². The highest BCUT2D eigenvalue weighted by atomic mass is 16.3. The first-order chi connectivity index (χ1) is 5.13. The van der Waals surface area contributed by atoms with Crippen LogP contribution in [0.25, 0.3) is 0 Å². The monoisotopic (exact) mass is 157 g/mol. The van der Waals surface area contributed by atoms with Crippen molar-refractivity contribution in [2.24, 2.45) is 5.73 Å². The summed E-state index contributed by atoms with van der Waals surface area (Å²) in [5.74, 6) is 0.384. The summed E-state index contributed by atoms with van der Waals surface area (Å²) in [4.78, 5) is 0. The number of aliphatic hydroxyl groups is 1. The lowest BCUT2D eigenvalue weighted by atomic mass is 10.1. The average Bonchev–Trinajstić information content (AvgIpc) is 2.02. The molecule has 0 amide bonds. The van der Waals surface area contributed by atoms with Gasteiger partial charge in [-0.15, -0.1) is 0 Å². The number of aliphatic hydroxyl groups excluding tert-OH is 1. The molecule has 0 saturated carbocycles. The smallest absolute Gasteiger partial charge is 0.108 e. The van der Waals surface area contributed by atoms with Crippen LogP contribution >= 0.6 is 0 Å². The van der Waals surface area contributed by atoms with E-state index >= 15 is 0 Å². The van der Waals surface area contributed by atoms with Crippen LogP contribution in [0, 0.1) is 0 Å². The zero-order chi connectivity index (χ0) is 8.85. The minimum Gasteiger partial charge on any atom is -0.511 e. The van der Waals surface area contributed by atoms with Gasteiger partial charge in [-0.25, -0.2) is 0 Å². The Hall–Kier alpha value is -0.500. The van der Waals surface area contributed by atoms with Crippen molar-refractivity contribution < 1.29 is 5.11 Å². The fourth-order valence-corrected chi connectivity index (χ4v) is 1.01. The molecule has 0 radical (unpaired) electrons. The number of hydrogen-bond donors (Lipinski definition) is 2. The first-order valence-corrected chi connectivity index (χ1v) is 4.27. The van der Waals surface area contributed by atoms with Crippen LogP contribution in [-0.2, 0) is 0 Å². The summed E-state index contributed by atoms with van der Waals surface area (Å²) in [6.07, 6.45) is 2.80. The molecule has 11 heavy (non-hydrogen) atoms. The topological polar surface area (TPSA) is 46.2 Å². The third-order valence-corrected chi connectivity index (χ3v) is 1.85. The highest BCUT2D eigenvalue weighted by Gasteiger charge is 2.07. The molecule has 0 saturated heterocycles. The summed E-state index contributed by atoms with van der Waals surface area (Å²) in [6, 6.07) is -0.165. The van der Waals surface area contributed by atoms with E-state index in [4.69, 9.17) is 5.73 Å². The second-order valence-electron chi connectivity index (χ2n) is 2.93. The maximum Gasteiger partial charge on any atom is 0.108 e. The van der Waals surface area contributed by atoms with Gasteiger partial charge >= 0.3 is 0 Å². The minimum absolute atomic E-state index is 0.165. The number of nitrogens with two attached hydrogens (primary N) is 1. The van der Waals surface area contributed by atoms with E-state index < -0.39 is 0 Å². The quantitative estimate of drug-likeness (QED) is 0.615. The van der Waals surface area contributed by atoms with Gasteiger partial charge in [0, 0.05) is 0 Å². The van der Waals surface area contributed by atoms with E-state index in [-0.39, 0.29) is 6.04 Å². The average molecular weight is 157 g/mol. The number of rotatable bonds is 4. The van der Waals surface area contributed by atoms with Gasteiger partial charge in [0.05, 0.1) is 6.04 Å². The van der Waals surface area contributed by atoms with Gasteiger partial charge in [0.15, 0.2) is 0 Å². The maximum atomic E-state index is 9.47. The van der Waals surface area contributed by atoms with Crippen LogP contribution in [0.15, 0.2) is 11.3 Å². The Kier molecular flexibility index (Phi) is 4.95. The molecule has 0 spiro atoms. The van der Waals surface area contributed by atoms with Crippen LogP contribution in [0.3, 0.4) is 0 Å².